The lowest BCUT2D eigenvalue weighted by Crippen LogP contribution is -2.30. The zero-order valence-electron chi connectivity index (χ0n) is 18.7. The lowest BCUT2D eigenvalue weighted by molar-refractivity contribution is -0.385. The molecule has 0 atom stereocenters. The molecule has 0 radical (unpaired) electrons. The second-order valence-electron chi connectivity index (χ2n) is 7.53. The summed E-state index contributed by atoms with van der Waals surface area (Å²) in [6.45, 7) is 2.00. The maximum atomic E-state index is 12.6. The Morgan fingerprint density at radius 3 is 2.34 bits per heavy atom. The average Bonchev–Trinajstić information content (AvgIpc) is 2.83. The Kier molecular flexibility index (Phi) is 8.10. The minimum atomic E-state index is -4.07. The fourth-order valence-electron chi connectivity index (χ4n) is 3.04. The monoisotopic (exact) mass is 497 g/mol. The highest BCUT2D eigenvalue weighted by Crippen LogP contribution is 2.24. The van der Waals surface area contributed by atoms with Gasteiger partial charge in [-0.3, -0.25) is 29.4 Å². The van der Waals surface area contributed by atoms with Crippen LogP contribution in [0.15, 0.2) is 71.9 Å². The molecule has 1 aromatic heterocycles. The molecule has 3 aromatic rings. The molecule has 35 heavy (non-hydrogen) atoms. The van der Waals surface area contributed by atoms with Gasteiger partial charge in [-0.25, -0.2) is 8.42 Å². The standard InChI is InChI=1S/C23H23N5O6S/c1-16-2-7-20(14-21(16)28(31)32)35(33,34)27-19-5-3-18(4-6-19)23(30)25-13-10-22(29)26-15-17-8-11-24-12-9-17/h2-9,11-12,14,27H,10,13,15H2,1H3,(H,25,30)(H,26,29). The van der Waals surface area contributed by atoms with Crippen molar-refractivity contribution in [2.24, 2.45) is 0 Å². The first-order valence-corrected chi connectivity index (χ1v) is 12.0. The Bertz CT molecular complexity index is 1330. The van der Waals surface area contributed by atoms with Crippen LogP contribution in [0.1, 0.15) is 27.9 Å². The van der Waals surface area contributed by atoms with Gasteiger partial charge in [-0.15, -0.1) is 0 Å². The number of nitro groups is 1. The van der Waals surface area contributed by atoms with E-state index in [0.717, 1.165) is 11.6 Å². The van der Waals surface area contributed by atoms with Crippen molar-refractivity contribution in [3.8, 4) is 0 Å². The molecule has 0 fully saturated rings. The zero-order valence-corrected chi connectivity index (χ0v) is 19.5. The number of aromatic nitrogens is 1. The third-order valence-corrected chi connectivity index (χ3v) is 6.34. The summed E-state index contributed by atoms with van der Waals surface area (Å²) in [6.07, 6.45) is 3.36. The first-order valence-electron chi connectivity index (χ1n) is 10.5. The molecule has 0 bridgehead atoms. The molecule has 3 rings (SSSR count). The smallest absolute Gasteiger partial charge is 0.273 e. The number of carbonyl (C=O) groups is 2. The molecule has 2 amide bonds. The number of benzene rings is 2. The van der Waals surface area contributed by atoms with Gasteiger partial charge in [0.2, 0.25) is 5.91 Å². The predicted molar refractivity (Wildman–Crippen MR) is 128 cm³/mol. The molecule has 182 valence electrons. The van der Waals surface area contributed by atoms with Crippen LogP contribution in [0.25, 0.3) is 0 Å². The fraction of sp³-hybridized carbons (Fsp3) is 0.174. The number of anilines is 1. The summed E-state index contributed by atoms with van der Waals surface area (Å²) < 4.78 is 27.5. The number of amides is 2. The zero-order chi connectivity index (χ0) is 25.4. The molecule has 0 saturated heterocycles. The number of pyridine rings is 1. The number of aryl methyl sites for hydroxylation is 1. The van der Waals surface area contributed by atoms with Crippen LogP contribution in [0.3, 0.4) is 0 Å². The van der Waals surface area contributed by atoms with Gasteiger partial charge in [0, 0.05) is 54.8 Å². The molecule has 0 aliphatic rings. The van der Waals surface area contributed by atoms with E-state index in [1.165, 1.54) is 43.3 Å². The van der Waals surface area contributed by atoms with Gasteiger partial charge in [0.1, 0.15) is 0 Å². The Hall–Kier alpha value is -4.32. The number of nitro benzene ring substituents is 1. The maximum absolute atomic E-state index is 12.6. The van der Waals surface area contributed by atoms with Crippen molar-refractivity contribution in [3.63, 3.8) is 0 Å². The molecule has 0 aliphatic heterocycles. The number of carbonyl (C=O) groups excluding carboxylic acids is 2. The van der Waals surface area contributed by atoms with Gasteiger partial charge in [0.15, 0.2) is 0 Å². The van der Waals surface area contributed by atoms with Gasteiger partial charge in [0.25, 0.3) is 21.6 Å². The fourth-order valence-corrected chi connectivity index (χ4v) is 4.12. The number of hydrogen-bond donors (Lipinski definition) is 3. The van der Waals surface area contributed by atoms with E-state index in [4.69, 9.17) is 0 Å². The van der Waals surface area contributed by atoms with Crippen molar-refractivity contribution in [2.75, 3.05) is 11.3 Å². The minimum Gasteiger partial charge on any atom is -0.352 e. The Morgan fingerprint density at radius 1 is 1.00 bits per heavy atom. The lowest BCUT2D eigenvalue weighted by Gasteiger charge is -2.10. The van der Waals surface area contributed by atoms with Crippen LogP contribution in [0.4, 0.5) is 11.4 Å². The molecule has 12 heteroatoms. The third-order valence-electron chi connectivity index (χ3n) is 4.96. The van der Waals surface area contributed by atoms with Gasteiger partial charge in [-0.05, 0) is 55.0 Å². The first kappa shape index (κ1) is 25.3. The largest absolute Gasteiger partial charge is 0.352 e. The summed E-state index contributed by atoms with van der Waals surface area (Å²) in [6, 6.07) is 12.9. The number of nitrogens with zero attached hydrogens (tertiary/aromatic N) is 2. The quantitative estimate of drug-likeness (QED) is 0.286. The number of nitrogens with one attached hydrogen (secondary N) is 3. The first-order chi connectivity index (χ1) is 16.7. The molecule has 2 aromatic carbocycles. The van der Waals surface area contributed by atoms with Gasteiger partial charge in [-0.1, -0.05) is 6.07 Å². The molecule has 1 heterocycles. The highest BCUT2D eigenvalue weighted by molar-refractivity contribution is 7.92. The van der Waals surface area contributed by atoms with Gasteiger partial charge >= 0.3 is 0 Å². The van der Waals surface area contributed by atoms with Crippen LogP contribution in [0.5, 0.6) is 0 Å². The van der Waals surface area contributed by atoms with E-state index >= 15 is 0 Å². The van der Waals surface area contributed by atoms with E-state index < -0.39 is 20.9 Å². The summed E-state index contributed by atoms with van der Waals surface area (Å²) in [4.78, 5) is 38.3. The number of sulfonamides is 1. The van der Waals surface area contributed by atoms with Crippen LogP contribution in [-0.4, -0.2) is 36.7 Å². The molecule has 0 saturated carbocycles. The van der Waals surface area contributed by atoms with E-state index in [1.54, 1.807) is 24.5 Å². The number of rotatable bonds is 10. The molecular formula is C23H23N5O6S. The second-order valence-corrected chi connectivity index (χ2v) is 9.21. The van der Waals surface area contributed by atoms with Gasteiger partial charge in [0.05, 0.1) is 9.82 Å². The van der Waals surface area contributed by atoms with Crippen molar-refractivity contribution >= 4 is 33.2 Å². The van der Waals surface area contributed by atoms with Crippen molar-refractivity contribution in [2.45, 2.75) is 24.8 Å². The van der Waals surface area contributed by atoms with Crippen LogP contribution in [0.2, 0.25) is 0 Å². The summed E-state index contributed by atoms with van der Waals surface area (Å²) in [5, 5.41) is 16.5. The van der Waals surface area contributed by atoms with Crippen molar-refractivity contribution < 1.29 is 22.9 Å². The van der Waals surface area contributed by atoms with Gasteiger partial charge < -0.3 is 10.6 Å². The molecule has 11 nitrogen and oxygen atoms in total. The van der Waals surface area contributed by atoms with E-state index in [-0.39, 0.29) is 40.7 Å². The molecular weight excluding hydrogens is 474 g/mol. The van der Waals surface area contributed by atoms with Crippen LogP contribution in [-0.2, 0) is 21.4 Å². The lowest BCUT2D eigenvalue weighted by atomic mass is 10.2. The van der Waals surface area contributed by atoms with Crippen LogP contribution in [0, 0.1) is 17.0 Å². The Balaban J connectivity index is 1.52. The summed E-state index contributed by atoms with van der Waals surface area (Å²) in [5.74, 6) is -0.640. The number of hydrogen-bond acceptors (Lipinski definition) is 7. The van der Waals surface area contributed by atoms with E-state index in [2.05, 4.69) is 20.3 Å². The summed E-state index contributed by atoms with van der Waals surface area (Å²) >= 11 is 0. The SMILES string of the molecule is Cc1ccc(S(=O)(=O)Nc2ccc(C(=O)NCCC(=O)NCc3ccncc3)cc2)cc1[N+](=O)[O-]. The minimum absolute atomic E-state index is 0.0946. The molecule has 0 spiro atoms. The predicted octanol–water partition coefficient (Wildman–Crippen LogP) is 2.54. The maximum Gasteiger partial charge on any atom is 0.273 e. The highest BCUT2D eigenvalue weighted by atomic mass is 32.2. The highest BCUT2D eigenvalue weighted by Gasteiger charge is 2.20. The van der Waals surface area contributed by atoms with Crippen molar-refractivity contribution in [1.29, 1.82) is 0 Å². The Labute approximate surface area is 201 Å². The van der Waals surface area contributed by atoms with Crippen LogP contribution >= 0.6 is 0 Å². The van der Waals surface area contributed by atoms with E-state index in [9.17, 15) is 28.1 Å². The molecule has 3 N–H and O–H groups in total. The van der Waals surface area contributed by atoms with Crippen LogP contribution < -0.4 is 15.4 Å². The normalized spacial score (nSPS) is 10.9. The van der Waals surface area contributed by atoms with E-state index in [1.807, 2.05) is 0 Å². The molecule has 0 aliphatic carbocycles. The Morgan fingerprint density at radius 2 is 1.69 bits per heavy atom. The van der Waals surface area contributed by atoms with Crippen molar-refractivity contribution in [3.05, 3.63) is 93.8 Å². The average molecular weight is 498 g/mol. The summed E-state index contributed by atoms with van der Waals surface area (Å²) in [7, 11) is -4.07. The molecule has 0 unspecified atom stereocenters. The third kappa shape index (κ3) is 7.08. The van der Waals surface area contributed by atoms with Crippen molar-refractivity contribution in [1.82, 2.24) is 15.6 Å². The van der Waals surface area contributed by atoms with E-state index in [0.29, 0.717) is 12.1 Å². The second kappa shape index (κ2) is 11.2. The topological polar surface area (TPSA) is 160 Å². The summed E-state index contributed by atoms with van der Waals surface area (Å²) in [5.41, 5.74) is 1.41. The van der Waals surface area contributed by atoms with Gasteiger partial charge in [-0.2, -0.15) is 0 Å².